The Bertz CT molecular complexity index is 1240. The number of nitrogens with zero attached hydrogens (tertiary/aromatic N) is 1. The summed E-state index contributed by atoms with van der Waals surface area (Å²) in [6, 6.07) is 0. The molecule has 0 spiro atoms. The molecule has 1 unspecified atom stereocenters. The van der Waals surface area contributed by atoms with Crippen LogP contribution in [0.2, 0.25) is 0 Å². The van der Waals surface area contributed by atoms with Gasteiger partial charge in [-0.25, -0.2) is 4.57 Å². The van der Waals surface area contributed by atoms with Crippen LogP contribution in [0.5, 0.6) is 0 Å². The van der Waals surface area contributed by atoms with Crippen LogP contribution >= 0.6 is 7.82 Å². The molecule has 0 aliphatic carbocycles. The third-order valence-corrected chi connectivity index (χ3v) is 11.5. The number of ether oxygens (including phenoxy) is 2. The fraction of sp³-hybridized carbons (Fsp3) is 0.769. The van der Waals surface area contributed by atoms with E-state index in [0.717, 1.165) is 70.6 Å². The van der Waals surface area contributed by atoms with Gasteiger partial charge in [-0.1, -0.05) is 177 Å². The molecule has 1 N–H and O–H groups in total. The predicted octanol–water partition coefficient (Wildman–Crippen LogP) is 14.8. The van der Waals surface area contributed by atoms with Gasteiger partial charge >= 0.3 is 19.8 Å². The van der Waals surface area contributed by atoms with Crippen molar-refractivity contribution < 1.29 is 42.1 Å². The van der Waals surface area contributed by atoms with Crippen molar-refractivity contribution >= 4 is 19.8 Å². The second-order valence-corrected chi connectivity index (χ2v) is 19.3. The van der Waals surface area contributed by atoms with Gasteiger partial charge in [-0.15, -0.1) is 0 Å². The number of quaternary nitrogens is 1. The molecule has 0 rings (SSSR count). The molecule has 0 heterocycles. The van der Waals surface area contributed by atoms with Crippen LogP contribution in [0.25, 0.3) is 0 Å². The van der Waals surface area contributed by atoms with Gasteiger partial charge in [-0.3, -0.25) is 18.6 Å². The van der Waals surface area contributed by atoms with Crippen molar-refractivity contribution in [3.63, 3.8) is 0 Å². The Morgan fingerprint density at radius 2 is 0.919 bits per heavy atom. The van der Waals surface area contributed by atoms with E-state index in [2.05, 4.69) is 74.6 Å². The minimum Gasteiger partial charge on any atom is -0.462 e. The first-order valence-electron chi connectivity index (χ1n) is 25.0. The van der Waals surface area contributed by atoms with Crippen LogP contribution in [-0.2, 0) is 32.7 Å². The number of unbranched alkanes of at least 4 members (excludes halogenated alkanes) is 21. The highest BCUT2D eigenvalue weighted by Gasteiger charge is 2.27. The summed E-state index contributed by atoms with van der Waals surface area (Å²) in [5.74, 6) is -0.826. The lowest BCUT2D eigenvalue weighted by atomic mass is 10.0. The number of rotatable bonds is 45. The number of likely N-dealkylation sites (N-methyl/N-ethyl adjacent to an activating group) is 1. The summed E-state index contributed by atoms with van der Waals surface area (Å²) in [6.45, 7) is 4.29. The van der Waals surface area contributed by atoms with Gasteiger partial charge in [0, 0.05) is 12.8 Å². The number of hydrogen-bond acceptors (Lipinski definition) is 7. The molecule has 0 aliphatic heterocycles. The maximum absolute atomic E-state index is 12.7. The van der Waals surface area contributed by atoms with Gasteiger partial charge in [0.2, 0.25) is 0 Å². The van der Waals surface area contributed by atoms with Crippen LogP contribution in [0.15, 0.2) is 60.8 Å². The topological polar surface area (TPSA) is 108 Å². The predicted molar refractivity (Wildman–Crippen MR) is 261 cm³/mol. The molecule has 0 aliphatic rings. The van der Waals surface area contributed by atoms with Gasteiger partial charge in [-0.05, 0) is 77.0 Å². The van der Waals surface area contributed by atoms with E-state index in [1.807, 2.05) is 21.1 Å². The van der Waals surface area contributed by atoms with Crippen molar-refractivity contribution in [3.8, 4) is 0 Å². The maximum atomic E-state index is 12.7. The molecule has 0 saturated heterocycles. The molecule has 0 aromatic heterocycles. The molecule has 0 radical (unpaired) electrons. The first-order chi connectivity index (χ1) is 30.0. The minimum absolute atomic E-state index is 0.0245. The highest BCUT2D eigenvalue weighted by atomic mass is 31.2. The lowest BCUT2D eigenvalue weighted by molar-refractivity contribution is -0.870. The van der Waals surface area contributed by atoms with Gasteiger partial charge in [0.05, 0.1) is 27.7 Å². The highest BCUT2D eigenvalue weighted by Crippen LogP contribution is 2.43. The van der Waals surface area contributed by atoms with Gasteiger partial charge in [0.1, 0.15) is 19.8 Å². The zero-order chi connectivity index (χ0) is 45.7. The molecule has 2 atom stereocenters. The molecule has 9 nitrogen and oxygen atoms in total. The van der Waals surface area contributed by atoms with Crippen molar-refractivity contribution in [2.24, 2.45) is 0 Å². The maximum Gasteiger partial charge on any atom is 0.472 e. The van der Waals surface area contributed by atoms with Crippen molar-refractivity contribution in [1.29, 1.82) is 0 Å². The molecule has 360 valence electrons. The quantitative estimate of drug-likeness (QED) is 0.0212. The lowest BCUT2D eigenvalue weighted by Crippen LogP contribution is -2.37. The Morgan fingerprint density at radius 1 is 0.516 bits per heavy atom. The van der Waals surface area contributed by atoms with E-state index in [4.69, 9.17) is 18.5 Å². The molecular weight excluding hydrogens is 798 g/mol. The van der Waals surface area contributed by atoms with E-state index >= 15 is 0 Å². The van der Waals surface area contributed by atoms with E-state index in [1.54, 1.807) is 0 Å². The molecule has 0 bridgehead atoms. The molecule has 0 aromatic carbocycles. The summed E-state index contributed by atoms with van der Waals surface area (Å²) in [6.07, 6.45) is 54.1. The zero-order valence-corrected chi connectivity index (χ0v) is 41.5. The zero-order valence-electron chi connectivity index (χ0n) is 40.6. The fourth-order valence-corrected chi connectivity index (χ4v) is 7.39. The largest absolute Gasteiger partial charge is 0.472 e. The minimum atomic E-state index is -4.39. The number of esters is 2. The van der Waals surface area contributed by atoms with Crippen molar-refractivity contribution in [2.45, 2.75) is 213 Å². The van der Waals surface area contributed by atoms with E-state index in [-0.39, 0.29) is 32.0 Å². The Hall–Kier alpha value is -2.29. The first kappa shape index (κ1) is 59.7. The molecular formula is C52H95NO8P+. The van der Waals surface area contributed by atoms with Gasteiger partial charge in [0.15, 0.2) is 6.10 Å². The molecule has 0 saturated carbocycles. The smallest absolute Gasteiger partial charge is 0.462 e. The van der Waals surface area contributed by atoms with Crippen LogP contribution in [0.3, 0.4) is 0 Å². The molecule has 0 fully saturated rings. The summed E-state index contributed by atoms with van der Waals surface area (Å²) >= 11 is 0. The highest BCUT2D eigenvalue weighted by molar-refractivity contribution is 7.47. The van der Waals surface area contributed by atoms with Crippen molar-refractivity contribution in [3.05, 3.63) is 60.8 Å². The molecule has 10 heteroatoms. The van der Waals surface area contributed by atoms with Crippen LogP contribution < -0.4 is 0 Å². The number of carbonyl (C=O) groups is 2. The SMILES string of the molecule is CC/C=C\C/C=C\C/C=C\C/C=C\CCCCCCC(=O)O[C@H](COC(=O)CCCCCCCCCCCCC/C=C\CCCCCCCC)COP(=O)(O)OCC[N+](C)(C)C. The number of allylic oxidation sites excluding steroid dienone is 10. The summed E-state index contributed by atoms with van der Waals surface area (Å²) in [5, 5.41) is 0. The Morgan fingerprint density at radius 3 is 1.39 bits per heavy atom. The Labute approximate surface area is 381 Å². The van der Waals surface area contributed by atoms with Gasteiger partial charge < -0.3 is 18.9 Å². The summed E-state index contributed by atoms with van der Waals surface area (Å²) < 4.78 is 34.4. The van der Waals surface area contributed by atoms with Crippen LogP contribution in [0.4, 0.5) is 0 Å². The van der Waals surface area contributed by atoms with Crippen molar-refractivity contribution in [2.75, 3.05) is 47.5 Å². The van der Waals surface area contributed by atoms with Gasteiger partial charge in [-0.2, -0.15) is 0 Å². The van der Waals surface area contributed by atoms with E-state index in [9.17, 15) is 19.0 Å². The lowest BCUT2D eigenvalue weighted by Gasteiger charge is -2.24. The molecule has 62 heavy (non-hydrogen) atoms. The fourth-order valence-electron chi connectivity index (χ4n) is 6.65. The third-order valence-electron chi connectivity index (χ3n) is 10.5. The van der Waals surface area contributed by atoms with Crippen LogP contribution in [0, 0.1) is 0 Å². The summed E-state index contributed by atoms with van der Waals surface area (Å²) in [5.41, 5.74) is 0. The Balaban J connectivity index is 4.29. The summed E-state index contributed by atoms with van der Waals surface area (Å²) in [4.78, 5) is 35.5. The van der Waals surface area contributed by atoms with E-state index in [0.29, 0.717) is 17.4 Å². The number of carbonyl (C=O) groups excluding carboxylic acids is 2. The average Bonchev–Trinajstić information content (AvgIpc) is 3.23. The number of hydrogen-bond donors (Lipinski definition) is 1. The average molecular weight is 893 g/mol. The van der Waals surface area contributed by atoms with Crippen LogP contribution in [-0.4, -0.2) is 74.9 Å². The van der Waals surface area contributed by atoms with E-state index < -0.39 is 26.5 Å². The number of phosphoric ester groups is 1. The van der Waals surface area contributed by atoms with Crippen LogP contribution in [0.1, 0.15) is 206 Å². The molecule has 0 amide bonds. The second-order valence-electron chi connectivity index (χ2n) is 17.8. The number of phosphoric acid groups is 1. The van der Waals surface area contributed by atoms with E-state index in [1.165, 1.54) is 103 Å². The summed E-state index contributed by atoms with van der Waals surface area (Å²) in [7, 11) is 1.45. The van der Waals surface area contributed by atoms with Crippen molar-refractivity contribution in [1.82, 2.24) is 0 Å². The first-order valence-corrected chi connectivity index (χ1v) is 26.5. The monoisotopic (exact) mass is 893 g/mol. The standard InChI is InChI=1S/C52H94NO8P/c1-6-8-10-12-14-16-18-20-22-24-25-26-27-29-30-32-34-36-38-40-42-44-51(54)58-48-50(49-60-62(56,57)59-47-46-53(3,4)5)61-52(55)45-43-41-39-37-35-33-31-28-23-21-19-17-15-13-11-9-7-2/h9,11,15,17,20-23,31,33,50H,6-8,10,12-14,16,18-19,24-30,32,34-49H2,1-5H3/p+1/b11-9-,17-15-,22-20-,23-21-,33-31-/t50-/m1/s1. The second kappa shape index (κ2) is 43.9. The molecule has 0 aromatic rings. The van der Waals surface area contributed by atoms with Gasteiger partial charge in [0.25, 0.3) is 0 Å². The normalized spacial score (nSPS) is 14.0. The Kier molecular flexibility index (Phi) is 42.3. The third kappa shape index (κ3) is 47.2.